The second-order valence-corrected chi connectivity index (χ2v) is 12.3. The van der Waals surface area contributed by atoms with E-state index >= 15 is 0 Å². The molecule has 0 aromatic heterocycles. The van der Waals surface area contributed by atoms with E-state index < -0.39 is 6.29 Å². The van der Waals surface area contributed by atoms with E-state index in [1.165, 1.54) is 5.56 Å². The normalized spacial score (nSPS) is 19.4. The number of aliphatic hydroxyl groups excluding tert-OH is 1. The first-order chi connectivity index (χ1) is 23.0. The number of nitrogens with zero attached hydrogens (tertiary/aromatic N) is 1. The van der Waals surface area contributed by atoms with Crippen LogP contribution in [0.4, 0.5) is 0 Å². The molecule has 0 bridgehead atoms. The maximum absolute atomic E-state index is 12.7. The Hall–Kier alpha value is -4.59. The number of hydrogen-bond acceptors (Lipinski definition) is 5. The van der Waals surface area contributed by atoms with Gasteiger partial charge in [0, 0.05) is 36.7 Å². The molecule has 1 aliphatic rings. The van der Waals surface area contributed by atoms with Gasteiger partial charge in [0.1, 0.15) is 0 Å². The van der Waals surface area contributed by atoms with Gasteiger partial charge in [-0.2, -0.15) is 0 Å². The lowest BCUT2D eigenvalue weighted by molar-refractivity contribution is -0.276. The van der Waals surface area contributed by atoms with Crippen molar-refractivity contribution in [1.29, 1.82) is 0 Å². The van der Waals surface area contributed by atoms with Crippen LogP contribution in [0.25, 0.3) is 11.1 Å². The highest BCUT2D eigenvalue weighted by molar-refractivity contribution is 5.94. The fraction of sp³-hybridized carbons (Fsp3) is 0.244. The summed E-state index contributed by atoms with van der Waals surface area (Å²) in [5, 5.41) is 12.7. The van der Waals surface area contributed by atoms with Crippen molar-refractivity contribution in [2.45, 2.75) is 45.1 Å². The Morgan fingerprint density at radius 1 is 0.745 bits per heavy atom. The minimum absolute atomic E-state index is 0.00880. The van der Waals surface area contributed by atoms with Gasteiger partial charge in [-0.05, 0) is 52.6 Å². The van der Waals surface area contributed by atoms with E-state index in [2.05, 4.69) is 90.9 Å². The van der Waals surface area contributed by atoms with Gasteiger partial charge in [0.2, 0.25) is 0 Å². The van der Waals surface area contributed by atoms with Crippen molar-refractivity contribution in [2.24, 2.45) is 5.92 Å². The SMILES string of the molecule is C[C@@H]1[C@H](CN(C)Cc2ccccc2)O[C@H](c2ccc(-c3ccccc3CNC(=O)c3ccccc3)cc2)O[C@@H]1c1ccc(CO)cc1. The third-order valence-corrected chi connectivity index (χ3v) is 8.90. The number of likely N-dealkylation sites (N-methyl/N-ethyl adjacent to an activating group) is 1. The minimum atomic E-state index is -0.543. The molecule has 240 valence electrons. The lowest BCUT2D eigenvalue weighted by Crippen LogP contribution is -2.43. The van der Waals surface area contributed by atoms with Gasteiger partial charge in [-0.25, -0.2) is 0 Å². The van der Waals surface area contributed by atoms with E-state index in [9.17, 15) is 9.90 Å². The number of ether oxygens (including phenoxy) is 2. The second kappa shape index (κ2) is 15.3. The zero-order chi connectivity index (χ0) is 32.6. The molecule has 6 heteroatoms. The van der Waals surface area contributed by atoms with Gasteiger partial charge in [0.25, 0.3) is 5.91 Å². The van der Waals surface area contributed by atoms with E-state index in [4.69, 9.17) is 9.47 Å². The van der Waals surface area contributed by atoms with Crippen LogP contribution < -0.4 is 5.32 Å². The number of benzene rings is 5. The monoisotopic (exact) mass is 626 g/mol. The summed E-state index contributed by atoms with van der Waals surface area (Å²) in [6.45, 7) is 4.21. The minimum Gasteiger partial charge on any atom is -0.392 e. The van der Waals surface area contributed by atoms with Crippen molar-refractivity contribution in [3.8, 4) is 11.1 Å². The first-order valence-corrected chi connectivity index (χ1v) is 16.2. The van der Waals surface area contributed by atoms with Gasteiger partial charge in [-0.15, -0.1) is 0 Å². The summed E-state index contributed by atoms with van der Waals surface area (Å²) >= 11 is 0. The number of amides is 1. The molecule has 5 aromatic rings. The summed E-state index contributed by atoms with van der Waals surface area (Å²) in [5.41, 5.74) is 7.95. The molecule has 47 heavy (non-hydrogen) atoms. The van der Waals surface area contributed by atoms with Gasteiger partial charge in [-0.3, -0.25) is 9.69 Å². The first kappa shape index (κ1) is 32.4. The van der Waals surface area contributed by atoms with Crippen LogP contribution in [0.2, 0.25) is 0 Å². The van der Waals surface area contributed by atoms with Crippen LogP contribution >= 0.6 is 0 Å². The molecule has 0 unspecified atom stereocenters. The number of nitrogens with one attached hydrogen (secondary N) is 1. The van der Waals surface area contributed by atoms with Gasteiger partial charge < -0.3 is 19.9 Å². The van der Waals surface area contributed by atoms with Gasteiger partial charge in [0.15, 0.2) is 6.29 Å². The quantitative estimate of drug-likeness (QED) is 0.157. The average molecular weight is 627 g/mol. The van der Waals surface area contributed by atoms with Gasteiger partial charge in [0.05, 0.1) is 18.8 Å². The van der Waals surface area contributed by atoms with Crippen LogP contribution in [0.1, 0.15) is 57.5 Å². The third-order valence-electron chi connectivity index (χ3n) is 8.90. The molecule has 0 radical (unpaired) electrons. The smallest absolute Gasteiger partial charge is 0.251 e. The molecule has 6 rings (SSSR count). The highest BCUT2D eigenvalue weighted by Crippen LogP contribution is 2.42. The molecule has 0 saturated carbocycles. The number of carbonyl (C=O) groups is 1. The highest BCUT2D eigenvalue weighted by Gasteiger charge is 2.38. The van der Waals surface area contributed by atoms with Crippen molar-refractivity contribution in [3.05, 3.63) is 167 Å². The number of rotatable bonds is 11. The lowest BCUT2D eigenvalue weighted by atomic mass is 9.90. The van der Waals surface area contributed by atoms with E-state index in [0.717, 1.165) is 46.5 Å². The summed E-state index contributed by atoms with van der Waals surface area (Å²) in [4.78, 5) is 15.0. The van der Waals surface area contributed by atoms with Crippen LogP contribution in [0.5, 0.6) is 0 Å². The number of hydrogen-bond donors (Lipinski definition) is 2. The number of carbonyl (C=O) groups excluding carboxylic acids is 1. The van der Waals surface area contributed by atoms with Crippen molar-refractivity contribution in [1.82, 2.24) is 10.2 Å². The predicted octanol–water partition coefficient (Wildman–Crippen LogP) is 7.70. The van der Waals surface area contributed by atoms with Gasteiger partial charge in [-0.1, -0.05) is 128 Å². The molecule has 1 fully saturated rings. The molecule has 4 atom stereocenters. The Morgan fingerprint density at radius 2 is 1.38 bits per heavy atom. The Bertz CT molecular complexity index is 1730. The van der Waals surface area contributed by atoms with Crippen LogP contribution in [-0.4, -0.2) is 35.6 Å². The Morgan fingerprint density at radius 3 is 2.09 bits per heavy atom. The highest BCUT2D eigenvalue weighted by atomic mass is 16.7. The Labute approximate surface area is 277 Å². The summed E-state index contributed by atoms with van der Waals surface area (Å²) in [6, 6.07) is 44.3. The molecule has 6 nitrogen and oxygen atoms in total. The maximum Gasteiger partial charge on any atom is 0.251 e. The fourth-order valence-corrected chi connectivity index (χ4v) is 6.24. The first-order valence-electron chi connectivity index (χ1n) is 16.2. The Balaban J connectivity index is 1.21. The van der Waals surface area contributed by atoms with Crippen LogP contribution in [-0.2, 0) is 29.2 Å². The summed E-state index contributed by atoms with van der Waals surface area (Å²) in [5.74, 6) is 0.00259. The summed E-state index contributed by atoms with van der Waals surface area (Å²) < 4.78 is 13.4. The molecule has 0 spiro atoms. The topological polar surface area (TPSA) is 71.0 Å². The van der Waals surface area contributed by atoms with Crippen molar-refractivity contribution in [2.75, 3.05) is 13.6 Å². The van der Waals surface area contributed by atoms with Crippen molar-refractivity contribution >= 4 is 5.91 Å². The van der Waals surface area contributed by atoms with E-state index in [-0.39, 0.29) is 30.6 Å². The average Bonchev–Trinajstić information content (AvgIpc) is 3.12. The molecule has 1 amide bonds. The third kappa shape index (κ3) is 8.05. The molecule has 0 aliphatic carbocycles. The molecular formula is C41H42N2O4. The standard InChI is InChI=1S/C41H42N2O4/c1-29-38(27-43(2)26-30-11-5-3-6-12-30)46-41(47-39(29)33-19-17-31(28-44)18-20-33)35-23-21-32(22-24-35)37-16-10-9-15-36(37)25-42-40(45)34-13-7-4-8-14-34/h3-24,29,38-39,41,44H,25-28H2,1-2H3,(H,42,45)/t29-,38+,39+,41+/m1/s1. The van der Waals surface area contributed by atoms with Crippen LogP contribution in [0.15, 0.2) is 133 Å². The lowest BCUT2D eigenvalue weighted by Gasteiger charge is -2.42. The van der Waals surface area contributed by atoms with Crippen LogP contribution in [0.3, 0.4) is 0 Å². The van der Waals surface area contributed by atoms with E-state index in [0.29, 0.717) is 12.1 Å². The van der Waals surface area contributed by atoms with E-state index in [1.807, 2.05) is 66.7 Å². The maximum atomic E-state index is 12.7. The Kier molecular flexibility index (Phi) is 10.6. The second-order valence-electron chi connectivity index (χ2n) is 12.3. The number of aliphatic hydroxyl groups is 1. The summed E-state index contributed by atoms with van der Waals surface area (Å²) in [7, 11) is 2.13. The summed E-state index contributed by atoms with van der Waals surface area (Å²) in [6.07, 6.45) is -0.790. The molecule has 1 aliphatic heterocycles. The van der Waals surface area contributed by atoms with E-state index in [1.54, 1.807) is 0 Å². The van der Waals surface area contributed by atoms with Crippen molar-refractivity contribution < 1.29 is 19.4 Å². The zero-order valence-electron chi connectivity index (χ0n) is 27.0. The predicted molar refractivity (Wildman–Crippen MR) is 185 cm³/mol. The molecule has 1 heterocycles. The molecule has 2 N–H and O–H groups in total. The zero-order valence-corrected chi connectivity index (χ0v) is 27.0. The molecule has 5 aromatic carbocycles. The van der Waals surface area contributed by atoms with Gasteiger partial charge >= 0.3 is 0 Å². The fourth-order valence-electron chi connectivity index (χ4n) is 6.24. The molecular weight excluding hydrogens is 584 g/mol. The largest absolute Gasteiger partial charge is 0.392 e. The van der Waals surface area contributed by atoms with Crippen molar-refractivity contribution in [3.63, 3.8) is 0 Å². The molecule has 1 saturated heterocycles. The van der Waals surface area contributed by atoms with Crippen LogP contribution in [0, 0.1) is 5.92 Å².